The number of rotatable bonds is 5. The highest BCUT2D eigenvalue weighted by Gasteiger charge is 2.03. The third-order valence-corrected chi connectivity index (χ3v) is 3.84. The van der Waals surface area contributed by atoms with Crippen LogP contribution in [0.4, 0.5) is 5.82 Å². The minimum absolute atomic E-state index is 0.572. The molecule has 2 rings (SSSR count). The van der Waals surface area contributed by atoms with E-state index >= 15 is 0 Å². The number of anilines is 1. The first kappa shape index (κ1) is 12.3. The van der Waals surface area contributed by atoms with Gasteiger partial charge in [-0.25, -0.2) is 9.97 Å². The molecule has 1 aromatic carbocycles. The number of fused-ring (bicyclic) bond motifs is 1. The smallest absolute Gasteiger partial charge is 0.137 e. The molecule has 0 aliphatic carbocycles. The maximum atomic E-state index is 4.29. The molecule has 17 heavy (non-hydrogen) atoms. The van der Waals surface area contributed by atoms with Gasteiger partial charge in [0.2, 0.25) is 0 Å². The van der Waals surface area contributed by atoms with Crippen LogP contribution in [0.2, 0.25) is 0 Å². The van der Waals surface area contributed by atoms with E-state index in [4.69, 9.17) is 0 Å². The van der Waals surface area contributed by atoms with Crippen LogP contribution >= 0.6 is 15.9 Å². The van der Waals surface area contributed by atoms with Gasteiger partial charge in [-0.1, -0.05) is 35.0 Å². The fourth-order valence-electron chi connectivity index (χ4n) is 1.70. The zero-order valence-electron chi connectivity index (χ0n) is 9.86. The van der Waals surface area contributed by atoms with Crippen molar-refractivity contribution >= 4 is 32.7 Å². The highest BCUT2D eigenvalue weighted by atomic mass is 79.9. The van der Waals surface area contributed by atoms with Crippen LogP contribution in [0.3, 0.4) is 0 Å². The number of benzene rings is 1. The molecule has 2 aromatic rings. The van der Waals surface area contributed by atoms with Gasteiger partial charge in [0.1, 0.15) is 12.1 Å². The van der Waals surface area contributed by atoms with Gasteiger partial charge in [0, 0.05) is 16.8 Å². The summed E-state index contributed by atoms with van der Waals surface area (Å²) in [5.74, 6) is 0.923. The number of nitrogens with zero attached hydrogens (tertiary/aromatic N) is 2. The summed E-state index contributed by atoms with van der Waals surface area (Å²) in [6, 6.07) is 8.05. The summed E-state index contributed by atoms with van der Waals surface area (Å²) in [4.78, 5) is 9.11. The number of aromatic nitrogens is 2. The molecule has 1 unspecified atom stereocenters. The number of halogens is 1. The second-order valence-electron chi connectivity index (χ2n) is 3.96. The molecular formula is C13H16BrN3. The molecule has 90 valence electrons. The van der Waals surface area contributed by atoms with Crippen molar-refractivity contribution in [2.45, 2.75) is 24.6 Å². The van der Waals surface area contributed by atoms with E-state index in [-0.39, 0.29) is 0 Å². The standard InChI is InChI=1S/C13H16BrN3/c1-2-10(14)7-8-15-13-11-5-3-4-6-12(11)16-9-17-13/h3-6,9-10H,2,7-8H2,1H3,(H,15,16,17). The van der Waals surface area contributed by atoms with Crippen molar-refractivity contribution in [1.82, 2.24) is 9.97 Å². The van der Waals surface area contributed by atoms with Crippen LogP contribution in [0.5, 0.6) is 0 Å². The zero-order chi connectivity index (χ0) is 12.1. The van der Waals surface area contributed by atoms with Gasteiger partial charge in [-0.3, -0.25) is 0 Å². The number of nitrogens with one attached hydrogen (secondary N) is 1. The average Bonchev–Trinajstić information content (AvgIpc) is 2.39. The van der Waals surface area contributed by atoms with Crippen LogP contribution in [0.1, 0.15) is 19.8 Å². The van der Waals surface area contributed by atoms with Crippen LogP contribution < -0.4 is 5.32 Å². The summed E-state index contributed by atoms with van der Waals surface area (Å²) >= 11 is 3.63. The van der Waals surface area contributed by atoms with Gasteiger partial charge in [-0.2, -0.15) is 0 Å². The number of hydrogen-bond acceptors (Lipinski definition) is 3. The van der Waals surface area contributed by atoms with Gasteiger partial charge < -0.3 is 5.32 Å². The Morgan fingerprint density at radius 2 is 2.12 bits per heavy atom. The molecule has 4 heteroatoms. The molecular weight excluding hydrogens is 278 g/mol. The SMILES string of the molecule is CCC(Br)CCNc1ncnc2ccccc12. The van der Waals surface area contributed by atoms with E-state index in [0.717, 1.165) is 36.1 Å². The molecule has 0 aliphatic heterocycles. The summed E-state index contributed by atoms with van der Waals surface area (Å²) < 4.78 is 0. The van der Waals surface area contributed by atoms with E-state index in [2.05, 4.69) is 38.1 Å². The fourth-order valence-corrected chi connectivity index (χ4v) is 1.93. The van der Waals surface area contributed by atoms with E-state index in [1.807, 2.05) is 24.3 Å². The predicted molar refractivity (Wildman–Crippen MR) is 75.7 cm³/mol. The molecule has 1 atom stereocenters. The molecule has 1 N–H and O–H groups in total. The molecule has 0 fully saturated rings. The topological polar surface area (TPSA) is 37.8 Å². The molecule has 0 amide bonds. The Kier molecular flexibility index (Phi) is 4.31. The van der Waals surface area contributed by atoms with E-state index in [1.54, 1.807) is 6.33 Å². The zero-order valence-corrected chi connectivity index (χ0v) is 11.4. The highest BCUT2D eigenvalue weighted by Crippen LogP contribution is 2.18. The lowest BCUT2D eigenvalue weighted by Gasteiger charge is -2.10. The van der Waals surface area contributed by atoms with Crippen molar-refractivity contribution in [1.29, 1.82) is 0 Å². The minimum Gasteiger partial charge on any atom is -0.369 e. The summed E-state index contributed by atoms with van der Waals surface area (Å²) in [6.45, 7) is 3.10. The second-order valence-corrected chi connectivity index (χ2v) is 5.26. The summed E-state index contributed by atoms with van der Waals surface area (Å²) in [6.07, 6.45) is 3.84. The normalized spacial score (nSPS) is 12.6. The van der Waals surface area contributed by atoms with Crippen LogP contribution in [0.25, 0.3) is 10.9 Å². The van der Waals surface area contributed by atoms with E-state index < -0.39 is 0 Å². The fraction of sp³-hybridized carbons (Fsp3) is 0.385. The first-order valence-electron chi connectivity index (χ1n) is 5.89. The van der Waals surface area contributed by atoms with Crippen LogP contribution in [0, 0.1) is 0 Å². The Balaban J connectivity index is 2.08. The van der Waals surface area contributed by atoms with Crippen LogP contribution in [-0.4, -0.2) is 21.3 Å². The number of para-hydroxylation sites is 1. The highest BCUT2D eigenvalue weighted by molar-refractivity contribution is 9.09. The molecule has 0 radical (unpaired) electrons. The van der Waals surface area contributed by atoms with Gasteiger partial charge in [0.15, 0.2) is 0 Å². The van der Waals surface area contributed by atoms with Gasteiger partial charge in [0.25, 0.3) is 0 Å². The second kappa shape index (κ2) is 5.96. The summed E-state index contributed by atoms with van der Waals surface area (Å²) in [5, 5.41) is 4.45. The van der Waals surface area contributed by atoms with Crippen molar-refractivity contribution in [3.8, 4) is 0 Å². The average molecular weight is 294 g/mol. The maximum Gasteiger partial charge on any atom is 0.137 e. The summed E-state index contributed by atoms with van der Waals surface area (Å²) in [5.41, 5.74) is 0.982. The Labute approximate surface area is 110 Å². The first-order chi connectivity index (χ1) is 8.31. The minimum atomic E-state index is 0.572. The third kappa shape index (κ3) is 3.16. The Morgan fingerprint density at radius 3 is 2.94 bits per heavy atom. The maximum absolute atomic E-state index is 4.29. The lowest BCUT2D eigenvalue weighted by atomic mass is 10.2. The molecule has 0 spiro atoms. The van der Waals surface area contributed by atoms with Crippen molar-refractivity contribution in [2.24, 2.45) is 0 Å². The first-order valence-corrected chi connectivity index (χ1v) is 6.80. The van der Waals surface area contributed by atoms with Crippen LogP contribution in [0.15, 0.2) is 30.6 Å². The lowest BCUT2D eigenvalue weighted by Crippen LogP contribution is -2.09. The van der Waals surface area contributed by atoms with Crippen molar-refractivity contribution in [3.63, 3.8) is 0 Å². The Hall–Kier alpha value is -1.16. The summed E-state index contributed by atoms with van der Waals surface area (Å²) in [7, 11) is 0. The quantitative estimate of drug-likeness (QED) is 0.856. The number of alkyl halides is 1. The van der Waals surface area contributed by atoms with Gasteiger partial charge >= 0.3 is 0 Å². The molecule has 1 heterocycles. The van der Waals surface area contributed by atoms with Crippen molar-refractivity contribution in [3.05, 3.63) is 30.6 Å². The molecule has 0 bridgehead atoms. The van der Waals surface area contributed by atoms with E-state index in [9.17, 15) is 0 Å². The largest absolute Gasteiger partial charge is 0.369 e. The molecule has 0 saturated heterocycles. The molecule has 0 saturated carbocycles. The Bertz CT molecular complexity index is 482. The third-order valence-electron chi connectivity index (χ3n) is 2.74. The van der Waals surface area contributed by atoms with Gasteiger partial charge in [-0.15, -0.1) is 0 Å². The van der Waals surface area contributed by atoms with Crippen molar-refractivity contribution in [2.75, 3.05) is 11.9 Å². The van der Waals surface area contributed by atoms with Crippen molar-refractivity contribution < 1.29 is 0 Å². The molecule has 3 nitrogen and oxygen atoms in total. The van der Waals surface area contributed by atoms with Gasteiger partial charge in [0.05, 0.1) is 5.52 Å². The molecule has 0 aliphatic rings. The lowest BCUT2D eigenvalue weighted by molar-refractivity contribution is 0.773. The monoisotopic (exact) mass is 293 g/mol. The molecule has 1 aromatic heterocycles. The Morgan fingerprint density at radius 1 is 1.29 bits per heavy atom. The predicted octanol–water partition coefficient (Wildman–Crippen LogP) is 3.61. The van der Waals surface area contributed by atoms with Crippen LogP contribution in [-0.2, 0) is 0 Å². The van der Waals surface area contributed by atoms with E-state index in [0.29, 0.717) is 4.83 Å². The van der Waals surface area contributed by atoms with Gasteiger partial charge in [-0.05, 0) is 25.0 Å². The van der Waals surface area contributed by atoms with E-state index in [1.165, 1.54) is 0 Å². The number of hydrogen-bond donors (Lipinski definition) is 1.